The Hall–Kier alpha value is -0.850. The van der Waals surface area contributed by atoms with Crippen molar-refractivity contribution in [3.8, 4) is 0 Å². The average Bonchev–Trinajstić information content (AvgIpc) is 3.24. The first-order valence-electron chi connectivity index (χ1n) is 6.58. The van der Waals surface area contributed by atoms with Crippen molar-refractivity contribution >= 4 is 27.3 Å². The Balaban J connectivity index is 1.81. The highest BCUT2D eigenvalue weighted by Crippen LogP contribution is 2.60. The number of anilines is 1. The van der Waals surface area contributed by atoms with Gasteiger partial charge in [0.05, 0.1) is 5.69 Å². The first-order chi connectivity index (χ1) is 9.34. The van der Waals surface area contributed by atoms with E-state index in [0.717, 1.165) is 18.9 Å². The maximum Gasteiger partial charge on any atom is 0.243 e. The summed E-state index contributed by atoms with van der Waals surface area (Å²) in [6, 6.07) is 2.29. The Morgan fingerprint density at radius 3 is 2.60 bits per heavy atom. The van der Waals surface area contributed by atoms with Crippen LogP contribution in [0.25, 0.3) is 0 Å². The topological polar surface area (TPSA) is 72.2 Å². The largest absolute Gasteiger partial charge is 0.396 e. The van der Waals surface area contributed by atoms with Crippen molar-refractivity contribution in [2.24, 2.45) is 11.3 Å². The van der Waals surface area contributed by atoms with Crippen molar-refractivity contribution < 1.29 is 12.8 Å². The number of nitrogens with two attached hydrogens (primary N) is 1. The smallest absolute Gasteiger partial charge is 0.243 e. The summed E-state index contributed by atoms with van der Waals surface area (Å²) in [5.74, 6) is -0.322. The number of nitrogen functional groups attached to an aromatic ring is 1. The Labute approximate surface area is 122 Å². The first kappa shape index (κ1) is 14.1. The van der Waals surface area contributed by atoms with Crippen LogP contribution in [0.1, 0.15) is 25.7 Å². The van der Waals surface area contributed by atoms with Crippen LogP contribution in [0.3, 0.4) is 0 Å². The summed E-state index contributed by atoms with van der Waals surface area (Å²) in [6.45, 7) is 0.367. The van der Waals surface area contributed by atoms with Gasteiger partial charge in [-0.15, -0.1) is 0 Å². The second-order valence-corrected chi connectivity index (χ2v) is 7.94. The maximum atomic E-state index is 13.9. The van der Waals surface area contributed by atoms with Crippen LogP contribution in [0, 0.1) is 17.2 Å². The second kappa shape index (κ2) is 4.58. The quantitative estimate of drug-likeness (QED) is 0.819. The zero-order valence-electron chi connectivity index (χ0n) is 10.8. The molecule has 110 valence electrons. The van der Waals surface area contributed by atoms with E-state index in [1.54, 1.807) is 0 Å². The predicted molar refractivity (Wildman–Crippen MR) is 75.4 cm³/mol. The van der Waals surface area contributed by atoms with Gasteiger partial charge in [0.15, 0.2) is 5.82 Å². The van der Waals surface area contributed by atoms with Crippen molar-refractivity contribution in [2.75, 3.05) is 12.3 Å². The molecule has 0 aliphatic heterocycles. The Morgan fingerprint density at radius 2 is 2.05 bits per heavy atom. The molecular weight excluding hydrogens is 303 g/mol. The minimum Gasteiger partial charge on any atom is -0.396 e. The number of benzene rings is 1. The van der Waals surface area contributed by atoms with Gasteiger partial charge >= 0.3 is 0 Å². The van der Waals surface area contributed by atoms with Gasteiger partial charge in [-0.3, -0.25) is 0 Å². The lowest BCUT2D eigenvalue weighted by atomic mass is 10.0. The SMILES string of the molecule is Nc1cc(Cl)cc(S(=O)(=O)NCC2(C3CC3)CC2)c1F. The molecule has 1 aromatic rings. The van der Waals surface area contributed by atoms with E-state index >= 15 is 0 Å². The molecule has 2 aliphatic rings. The monoisotopic (exact) mass is 318 g/mol. The molecular formula is C13H16ClFN2O2S. The average molecular weight is 319 g/mol. The summed E-state index contributed by atoms with van der Waals surface area (Å²) in [7, 11) is -3.92. The summed E-state index contributed by atoms with van der Waals surface area (Å²) in [4.78, 5) is -0.478. The third-order valence-corrected chi connectivity index (χ3v) is 5.89. The molecule has 0 bridgehead atoms. The number of rotatable bonds is 5. The zero-order chi connectivity index (χ0) is 14.5. The molecule has 0 heterocycles. The molecule has 3 N–H and O–H groups in total. The number of hydrogen-bond acceptors (Lipinski definition) is 3. The molecule has 0 amide bonds. The van der Waals surface area contributed by atoms with E-state index in [1.807, 2.05) is 0 Å². The van der Waals surface area contributed by atoms with Crippen LogP contribution in [0.5, 0.6) is 0 Å². The maximum absolute atomic E-state index is 13.9. The third kappa shape index (κ3) is 2.52. The van der Waals surface area contributed by atoms with Gasteiger partial charge in [0.25, 0.3) is 0 Å². The van der Waals surface area contributed by atoms with Crippen LogP contribution >= 0.6 is 11.6 Å². The van der Waals surface area contributed by atoms with Crippen molar-refractivity contribution in [2.45, 2.75) is 30.6 Å². The second-order valence-electron chi connectivity index (χ2n) is 5.77. The number of nitrogens with one attached hydrogen (secondary N) is 1. The Morgan fingerprint density at radius 1 is 1.40 bits per heavy atom. The van der Waals surface area contributed by atoms with Crippen molar-refractivity contribution in [1.82, 2.24) is 4.72 Å². The van der Waals surface area contributed by atoms with E-state index < -0.39 is 20.7 Å². The van der Waals surface area contributed by atoms with Crippen molar-refractivity contribution in [1.29, 1.82) is 0 Å². The summed E-state index contributed by atoms with van der Waals surface area (Å²) >= 11 is 5.75. The molecule has 0 saturated heterocycles. The lowest BCUT2D eigenvalue weighted by molar-refractivity contribution is 0.431. The van der Waals surface area contributed by atoms with Crippen LogP contribution in [0.4, 0.5) is 10.1 Å². The molecule has 0 aromatic heterocycles. The van der Waals surface area contributed by atoms with Gasteiger partial charge in [-0.2, -0.15) is 0 Å². The zero-order valence-corrected chi connectivity index (χ0v) is 12.4. The van der Waals surface area contributed by atoms with Crippen LogP contribution in [0.15, 0.2) is 17.0 Å². The molecule has 0 unspecified atom stereocenters. The number of halogens is 2. The fourth-order valence-corrected chi connectivity index (χ4v) is 4.24. The lowest BCUT2D eigenvalue weighted by Gasteiger charge is -2.16. The van der Waals surface area contributed by atoms with Crippen molar-refractivity contribution in [3.05, 3.63) is 23.0 Å². The summed E-state index contributed by atoms with van der Waals surface area (Å²) in [6.07, 6.45) is 4.42. The van der Waals surface area contributed by atoms with E-state index in [4.69, 9.17) is 17.3 Å². The van der Waals surface area contributed by atoms with Gasteiger partial charge in [0.1, 0.15) is 4.90 Å². The molecule has 0 spiro atoms. The van der Waals surface area contributed by atoms with Gasteiger partial charge in [-0.1, -0.05) is 11.6 Å². The van der Waals surface area contributed by atoms with Gasteiger partial charge < -0.3 is 5.73 Å². The molecule has 3 rings (SSSR count). The van der Waals surface area contributed by atoms with Gasteiger partial charge in [-0.25, -0.2) is 17.5 Å². The van der Waals surface area contributed by atoms with E-state index in [-0.39, 0.29) is 16.1 Å². The summed E-state index contributed by atoms with van der Waals surface area (Å²) < 4.78 is 40.8. The first-order valence-corrected chi connectivity index (χ1v) is 8.44. The molecule has 2 fully saturated rings. The van der Waals surface area contributed by atoms with Crippen molar-refractivity contribution in [3.63, 3.8) is 0 Å². The highest BCUT2D eigenvalue weighted by atomic mass is 35.5. The highest BCUT2D eigenvalue weighted by molar-refractivity contribution is 7.89. The van der Waals surface area contributed by atoms with Crippen LogP contribution in [-0.2, 0) is 10.0 Å². The van der Waals surface area contributed by atoms with Crippen LogP contribution in [-0.4, -0.2) is 15.0 Å². The molecule has 20 heavy (non-hydrogen) atoms. The fourth-order valence-electron chi connectivity index (χ4n) is 2.68. The minimum absolute atomic E-state index is 0.104. The summed E-state index contributed by atoms with van der Waals surface area (Å²) in [5, 5.41) is 0.104. The molecule has 1 aromatic carbocycles. The standard InChI is InChI=1S/C13H16ClFN2O2S/c14-9-5-10(16)12(15)11(6-9)20(18,19)17-7-13(3-4-13)8-1-2-8/h5-6,8,17H,1-4,7,16H2. The minimum atomic E-state index is -3.92. The van der Waals surface area contributed by atoms with Gasteiger partial charge in [0.2, 0.25) is 10.0 Å². The van der Waals surface area contributed by atoms with E-state index in [0.29, 0.717) is 12.5 Å². The normalized spacial score (nSPS) is 20.9. The summed E-state index contributed by atoms with van der Waals surface area (Å²) in [5.41, 5.74) is 5.26. The predicted octanol–water partition coefficient (Wildman–Crippen LogP) is 2.53. The molecule has 0 atom stereocenters. The molecule has 2 aliphatic carbocycles. The van der Waals surface area contributed by atoms with Crippen LogP contribution in [0.2, 0.25) is 5.02 Å². The van der Waals surface area contributed by atoms with Gasteiger partial charge in [0, 0.05) is 11.6 Å². The Kier molecular flexibility index (Phi) is 3.23. The van der Waals surface area contributed by atoms with E-state index in [9.17, 15) is 12.8 Å². The molecule has 4 nitrogen and oxygen atoms in total. The molecule has 2 saturated carbocycles. The van der Waals surface area contributed by atoms with Gasteiger partial charge in [-0.05, 0) is 49.1 Å². The molecule has 7 heteroatoms. The highest BCUT2D eigenvalue weighted by Gasteiger charge is 2.53. The van der Waals surface area contributed by atoms with E-state index in [1.165, 1.54) is 18.9 Å². The Bertz CT molecular complexity index is 655. The number of hydrogen-bond donors (Lipinski definition) is 2. The van der Waals surface area contributed by atoms with Crippen LogP contribution < -0.4 is 10.5 Å². The third-order valence-electron chi connectivity index (χ3n) is 4.27. The lowest BCUT2D eigenvalue weighted by Crippen LogP contribution is -2.32. The van der Waals surface area contributed by atoms with E-state index in [2.05, 4.69) is 4.72 Å². The fraction of sp³-hybridized carbons (Fsp3) is 0.538. The number of sulfonamides is 1. The molecule has 0 radical (unpaired) electrons.